The lowest BCUT2D eigenvalue weighted by atomic mass is 9.51. The third kappa shape index (κ3) is 1.71. The van der Waals surface area contributed by atoms with E-state index in [4.69, 9.17) is 0 Å². The Morgan fingerprint density at radius 1 is 0.810 bits per heavy atom. The molecule has 4 heteroatoms. The minimum absolute atomic E-state index is 0.494. The second-order valence-electron chi connectivity index (χ2n) is 5.13. The Bertz CT molecular complexity index is 706. The van der Waals surface area contributed by atoms with Crippen molar-refractivity contribution in [1.29, 1.82) is 21.0 Å². The van der Waals surface area contributed by atoms with E-state index < -0.39 is 22.7 Å². The quantitative estimate of drug-likeness (QED) is 0.734. The largest absolute Gasteiger partial charge is 0.196 e. The van der Waals surface area contributed by atoms with E-state index in [0.29, 0.717) is 0 Å². The van der Waals surface area contributed by atoms with Gasteiger partial charge in [0.2, 0.25) is 0 Å². The van der Waals surface area contributed by atoms with E-state index in [1.165, 1.54) is 0 Å². The second kappa shape index (κ2) is 5.13. The summed E-state index contributed by atoms with van der Waals surface area (Å²) in [5, 5.41) is 38.5. The van der Waals surface area contributed by atoms with Gasteiger partial charge in [0.05, 0.1) is 24.3 Å². The average Bonchev–Trinajstić information content (AvgIpc) is 2.55. The summed E-state index contributed by atoms with van der Waals surface area (Å²) in [6.45, 7) is 1.69. The van der Waals surface area contributed by atoms with E-state index in [-0.39, 0.29) is 0 Å². The molecule has 0 spiro atoms. The van der Waals surface area contributed by atoms with Crippen LogP contribution in [0.4, 0.5) is 0 Å². The summed E-state index contributed by atoms with van der Waals surface area (Å²) >= 11 is 0. The molecule has 1 aromatic carbocycles. The highest BCUT2D eigenvalue weighted by molar-refractivity contribution is 5.47. The van der Waals surface area contributed by atoms with E-state index in [0.717, 1.165) is 5.56 Å². The minimum Gasteiger partial charge on any atom is -0.196 e. The van der Waals surface area contributed by atoms with Crippen molar-refractivity contribution >= 4 is 0 Å². The van der Waals surface area contributed by atoms with Gasteiger partial charge in [-0.15, -0.1) is 0 Å². The van der Waals surface area contributed by atoms with Crippen LogP contribution < -0.4 is 0 Å². The maximum atomic E-state index is 9.68. The van der Waals surface area contributed by atoms with E-state index in [2.05, 4.69) is 0 Å². The van der Waals surface area contributed by atoms with Crippen LogP contribution in [0.25, 0.3) is 0 Å². The van der Waals surface area contributed by atoms with Gasteiger partial charge >= 0.3 is 0 Å². The zero-order valence-corrected chi connectivity index (χ0v) is 11.5. The van der Waals surface area contributed by atoms with Crippen LogP contribution in [-0.4, -0.2) is 0 Å². The lowest BCUT2D eigenvalue weighted by Gasteiger charge is -2.42. The fraction of sp³-hybridized carbons (Fsp3) is 0.294. The first kappa shape index (κ1) is 14.3. The molecule has 0 N–H and O–H groups in total. The standard InChI is InChI=1S/C17H12N4/c1-13-7-8-15(14-5-3-2-4-6-14)17(11-20,12-21)16(13,9-18)10-19/h2-8,13,15H,1H3. The summed E-state index contributed by atoms with van der Waals surface area (Å²) in [4.78, 5) is 0. The number of nitrogens with zero attached hydrogens (tertiary/aromatic N) is 4. The summed E-state index contributed by atoms with van der Waals surface area (Å²) in [6.07, 6.45) is 3.51. The zero-order chi connectivity index (χ0) is 15.5. The van der Waals surface area contributed by atoms with Gasteiger partial charge in [-0.2, -0.15) is 21.0 Å². The van der Waals surface area contributed by atoms with E-state index in [1.54, 1.807) is 43.3 Å². The van der Waals surface area contributed by atoms with Crippen molar-refractivity contribution in [3.8, 4) is 24.3 Å². The van der Waals surface area contributed by atoms with Crippen LogP contribution in [0.2, 0.25) is 0 Å². The molecule has 2 unspecified atom stereocenters. The molecule has 0 saturated heterocycles. The third-order valence-corrected chi connectivity index (χ3v) is 4.23. The first-order valence-electron chi connectivity index (χ1n) is 6.50. The number of benzene rings is 1. The van der Waals surface area contributed by atoms with Crippen LogP contribution in [0.3, 0.4) is 0 Å². The number of hydrogen-bond donors (Lipinski definition) is 0. The smallest absolute Gasteiger partial charge is 0.186 e. The normalized spacial score (nSPS) is 24.8. The molecule has 1 aliphatic carbocycles. The second-order valence-corrected chi connectivity index (χ2v) is 5.13. The fourth-order valence-electron chi connectivity index (χ4n) is 2.94. The first-order valence-corrected chi connectivity index (χ1v) is 6.50. The van der Waals surface area contributed by atoms with Gasteiger partial charge in [0.1, 0.15) is 0 Å². The summed E-state index contributed by atoms with van der Waals surface area (Å²) in [5.74, 6) is -1.10. The highest BCUT2D eigenvalue weighted by Crippen LogP contribution is 2.56. The molecule has 0 bridgehead atoms. The molecule has 1 aromatic rings. The van der Waals surface area contributed by atoms with Crippen LogP contribution in [0.1, 0.15) is 18.4 Å². The van der Waals surface area contributed by atoms with E-state index in [9.17, 15) is 21.0 Å². The molecular formula is C17H12N4. The monoisotopic (exact) mass is 272 g/mol. The minimum atomic E-state index is -1.73. The fourth-order valence-corrected chi connectivity index (χ4v) is 2.94. The van der Waals surface area contributed by atoms with Crippen molar-refractivity contribution in [1.82, 2.24) is 0 Å². The molecule has 21 heavy (non-hydrogen) atoms. The lowest BCUT2D eigenvalue weighted by molar-refractivity contribution is 0.201. The molecule has 0 heterocycles. The Kier molecular flexibility index (Phi) is 3.50. The van der Waals surface area contributed by atoms with Gasteiger partial charge < -0.3 is 0 Å². The molecule has 0 aromatic heterocycles. The summed E-state index contributed by atoms with van der Waals surface area (Å²) in [6, 6.07) is 16.9. The molecule has 0 amide bonds. The Balaban J connectivity index is 2.79. The molecule has 100 valence electrons. The van der Waals surface area contributed by atoms with Crippen molar-refractivity contribution in [3.05, 3.63) is 48.0 Å². The van der Waals surface area contributed by atoms with Crippen LogP contribution >= 0.6 is 0 Å². The van der Waals surface area contributed by atoms with Crippen LogP contribution in [0, 0.1) is 62.1 Å². The van der Waals surface area contributed by atoms with Crippen molar-refractivity contribution < 1.29 is 0 Å². The van der Waals surface area contributed by atoms with Gasteiger partial charge in [0, 0.05) is 11.8 Å². The number of rotatable bonds is 1. The Hall–Kier alpha value is -3.08. The Morgan fingerprint density at radius 2 is 1.33 bits per heavy atom. The predicted molar refractivity (Wildman–Crippen MR) is 74.8 cm³/mol. The molecule has 2 rings (SSSR count). The van der Waals surface area contributed by atoms with Gasteiger partial charge in [-0.3, -0.25) is 0 Å². The summed E-state index contributed by atoms with van der Waals surface area (Å²) in [5.41, 5.74) is -2.67. The van der Waals surface area contributed by atoms with Gasteiger partial charge in [-0.1, -0.05) is 49.4 Å². The number of hydrogen-bond acceptors (Lipinski definition) is 4. The van der Waals surface area contributed by atoms with Crippen molar-refractivity contribution in [2.75, 3.05) is 0 Å². The highest BCUT2D eigenvalue weighted by Gasteiger charge is 2.62. The van der Waals surface area contributed by atoms with Crippen molar-refractivity contribution in [2.45, 2.75) is 12.8 Å². The van der Waals surface area contributed by atoms with Crippen LogP contribution in [0.15, 0.2) is 42.5 Å². The molecular weight excluding hydrogens is 260 g/mol. The molecule has 0 aliphatic heterocycles. The van der Waals surface area contributed by atoms with Gasteiger partial charge in [-0.05, 0) is 5.56 Å². The molecule has 0 radical (unpaired) electrons. The average molecular weight is 272 g/mol. The SMILES string of the molecule is CC1C=CC(c2ccccc2)C(C#N)(C#N)C1(C#N)C#N. The molecule has 4 nitrogen and oxygen atoms in total. The lowest BCUT2D eigenvalue weighted by Crippen LogP contribution is -2.48. The number of allylic oxidation sites excluding steroid dienone is 2. The van der Waals surface area contributed by atoms with Crippen molar-refractivity contribution in [2.24, 2.45) is 16.7 Å². The Morgan fingerprint density at radius 3 is 1.81 bits per heavy atom. The Labute approximate surface area is 123 Å². The third-order valence-electron chi connectivity index (χ3n) is 4.23. The van der Waals surface area contributed by atoms with Gasteiger partial charge in [-0.25, -0.2) is 0 Å². The highest BCUT2D eigenvalue weighted by atomic mass is 14.6. The number of nitriles is 4. The topological polar surface area (TPSA) is 95.2 Å². The maximum Gasteiger partial charge on any atom is 0.186 e. The molecule has 0 fully saturated rings. The molecule has 0 saturated carbocycles. The zero-order valence-electron chi connectivity index (χ0n) is 11.5. The van der Waals surface area contributed by atoms with Crippen molar-refractivity contribution in [3.63, 3.8) is 0 Å². The van der Waals surface area contributed by atoms with E-state index in [1.807, 2.05) is 30.3 Å². The maximum absolute atomic E-state index is 9.68. The van der Waals surface area contributed by atoms with Crippen LogP contribution in [-0.2, 0) is 0 Å². The van der Waals surface area contributed by atoms with E-state index >= 15 is 0 Å². The van der Waals surface area contributed by atoms with Crippen LogP contribution in [0.5, 0.6) is 0 Å². The summed E-state index contributed by atoms with van der Waals surface area (Å²) < 4.78 is 0. The van der Waals surface area contributed by atoms with Gasteiger partial charge in [0.25, 0.3) is 0 Å². The van der Waals surface area contributed by atoms with Gasteiger partial charge in [0.15, 0.2) is 10.8 Å². The molecule has 1 aliphatic rings. The first-order chi connectivity index (χ1) is 10.1. The summed E-state index contributed by atoms with van der Waals surface area (Å²) in [7, 11) is 0. The predicted octanol–water partition coefficient (Wildman–Crippen LogP) is 3.04. The molecule has 2 atom stereocenters.